The summed E-state index contributed by atoms with van der Waals surface area (Å²) in [7, 11) is 0. The first-order chi connectivity index (χ1) is 13.2. The second kappa shape index (κ2) is 6.24. The van der Waals surface area contributed by atoms with E-state index >= 15 is 0 Å². The van der Waals surface area contributed by atoms with Crippen LogP contribution in [0.25, 0.3) is 0 Å². The largest absolute Gasteiger partial charge is 0.324 e. The van der Waals surface area contributed by atoms with Crippen molar-refractivity contribution in [1.82, 2.24) is 0 Å². The van der Waals surface area contributed by atoms with Gasteiger partial charge in [0.05, 0.1) is 16.6 Å². The molecule has 6 rings (SSSR count). The van der Waals surface area contributed by atoms with Gasteiger partial charge in [0.15, 0.2) is 0 Å². The number of hydrogen-bond acceptors (Lipinski definition) is 1. The Kier molecular flexibility index (Phi) is 3.84. The fourth-order valence-corrected chi connectivity index (χ4v) is 5.31. The van der Waals surface area contributed by atoms with Crippen molar-refractivity contribution in [3.8, 4) is 0 Å². The number of para-hydroxylation sites is 1. The summed E-state index contributed by atoms with van der Waals surface area (Å²) in [5, 5.41) is 3.66. The highest BCUT2D eigenvalue weighted by Crippen LogP contribution is 2.58. The maximum Gasteiger partial charge on any atom is 0.228 e. The van der Waals surface area contributed by atoms with Gasteiger partial charge < -0.3 is 5.32 Å². The lowest BCUT2D eigenvalue weighted by Gasteiger charge is -2.49. The molecule has 2 nitrogen and oxygen atoms in total. The molecule has 0 saturated heterocycles. The van der Waals surface area contributed by atoms with Gasteiger partial charge in [-0.05, 0) is 40.3 Å². The topological polar surface area (TPSA) is 29.1 Å². The number of carbonyl (C=O) groups is 1. The van der Waals surface area contributed by atoms with Crippen LogP contribution in [0, 0.1) is 11.8 Å². The number of anilines is 1. The van der Waals surface area contributed by atoms with Crippen LogP contribution in [-0.4, -0.2) is 5.91 Å². The molecule has 1 amide bonds. The molecule has 3 aliphatic rings. The minimum Gasteiger partial charge on any atom is -0.324 e. The van der Waals surface area contributed by atoms with Crippen LogP contribution in [0.3, 0.4) is 0 Å². The Hall–Kier alpha value is -2.58. The van der Waals surface area contributed by atoms with E-state index in [0.29, 0.717) is 10.7 Å². The summed E-state index contributed by atoms with van der Waals surface area (Å²) in [5.41, 5.74) is 6.00. The van der Waals surface area contributed by atoms with E-state index in [1.54, 1.807) is 6.07 Å². The predicted octanol–water partition coefficient (Wildman–Crippen LogP) is 5.82. The summed E-state index contributed by atoms with van der Waals surface area (Å²) in [6.45, 7) is 2.21. The fraction of sp³-hybridized carbons (Fsp3) is 0.208. The zero-order chi connectivity index (χ0) is 18.5. The van der Waals surface area contributed by atoms with Crippen LogP contribution >= 0.6 is 11.6 Å². The summed E-state index contributed by atoms with van der Waals surface area (Å²) in [6, 6.07) is 24.6. The number of rotatable bonds is 2. The van der Waals surface area contributed by atoms with Crippen LogP contribution in [0.5, 0.6) is 0 Å². The molecular formula is C24H20ClNO. The Balaban J connectivity index is 1.61. The molecule has 27 heavy (non-hydrogen) atoms. The smallest absolute Gasteiger partial charge is 0.228 e. The lowest BCUT2D eigenvalue weighted by molar-refractivity contribution is -0.122. The van der Waals surface area contributed by atoms with Gasteiger partial charge in [-0.3, -0.25) is 4.79 Å². The monoisotopic (exact) mass is 373 g/mol. The van der Waals surface area contributed by atoms with Gasteiger partial charge in [0.25, 0.3) is 0 Å². The highest BCUT2D eigenvalue weighted by atomic mass is 35.5. The highest BCUT2D eigenvalue weighted by Gasteiger charge is 2.50. The lowest BCUT2D eigenvalue weighted by Crippen LogP contribution is -2.44. The molecule has 2 bridgehead atoms. The van der Waals surface area contributed by atoms with Crippen molar-refractivity contribution in [1.29, 1.82) is 0 Å². The van der Waals surface area contributed by atoms with Crippen LogP contribution in [-0.2, 0) is 4.79 Å². The number of halogens is 1. The lowest BCUT2D eigenvalue weighted by atomic mass is 9.54. The summed E-state index contributed by atoms with van der Waals surface area (Å²) < 4.78 is 0. The van der Waals surface area contributed by atoms with E-state index in [0.717, 1.165) is 0 Å². The first-order valence-corrected chi connectivity index (χ1v) is 9.77. The van der Waals surface area contributed by atoms with Gasteiger partial charge in [-0.1, -0.05) is 79.2 Å². The van der Waals surface area contributed by atoms with Crippen molar-refractivity contribution in [2.75, 3.05) is 5.32 Å². The van der Waals surface area contributed by atoms with Crippen LogP contribution in [0.1, 0.15) is 41.0 Å². The van der Waals surface area contributed by atoms with Crippen molar-refractivity contribution >= 4 is 23.2 Å². The molecule has 134 valence electrons. The molecule has 3 aromatic rings. The van der Waals surface area contributed by atoms with Crippen molar-refractivity contribution in [3.63, 3.8) is 0 Å². The third kappa shape index (κ3) is 2.44. The molecule has 0 saturated carbocycles. The first kappa shape index (κ1) is 16.6. The second-order valence-corrected chi connectivity index (χ2v) is 7.97. The highest BCUT2D eigenvalue weighted by molar-refractivity contribution is 6.33. The van der Waals surface area contributed by atoms with Crippen LogP contribution in [0.4, 0.5) is 5.69 Å². The quantitative estimate of drug-likeness (QED) is 0.602. The average Bonchev–Trinajstić information content (AvgIpc) is 2.69. The number of carbonyl (C=O) groups excluding carboxylic acids is 1. The van der Waals surface area contributed by atoms with Gasteiger partial charge in [0.1, 0.15) is 0 Å². The Morgan fingerprint density at radius 1 is 0.778 bits per heavy atom. The predicted molar refractivity (Wildman–Crippen MR) is 109 cm³/mol. The molecule has 3 aliphatic carbocycles. The van der Waals surface area contributed by atoms with Crippen molar-refractivity contribution in [2.24, 2.45) is 11.8 Å². The van der Waals surface area contributed by atoms with E-state index in [1.807, 2.05) is 18.2 Å². The van der Waals surface area contributed by atoms with Crippen LogP contribution < -0.4 is 5.32 Å². The summed E-state index contributed by atoms with van der Waals surface area (Å²) in [5.74, 6) is 0.497. The Morgan fingerprint density at radius 3 is 1.81 bits per heavy atom. The number of benzene rings is 3. The van der Waals surface area contributed by atoms with E-state index in [2.05, 4.69) is 60.8 Å². The SMILES string of the molecule is C[C@H]1C2c3ccccc3C(c3ccccc32)[C@H]1C(=O)Nc1ccccc1Cl. The molecule has 0 aliphatic heterocycles. The van der Waals surface area contributed by atoms with Gasteiger partial charge in [-0.2, -0.15) is 0 Å². The molecule has 0 unspecified atom stereocenters. The van der Waals surface area contributed by atoms with E-state index in [1.165, 1.54) is 22.3 Å². The molecular weight excluding hydrogens is 354 g/mol. The molecule has 2 atom stereocenters. The number of hydrogen-bond donors (Lipinski definition) is 1. The third-order valence-electron chi connectivity index (χ3n) is 6.22. The fourth-order valence-electron chi connectivity index (χ4n) is 5.12. The Bertz CT molecular complexity index is 996. The molecule has 0 spiro atoms. The van der Waals surface area contributed by atoms with Gasteiger partial charge in [0.2, 0.25) is 5.91 Å². The summed E-state index contributed by atoms with van der Waals surface area (Å²) in [6.07, 6.45) is 0. The van der Waals surface area contributed by atoms with Crippen molar-refractivity contribution in [2.45, 2.75) is 18.8 Å². The molecule has 3 aromatic carbocycles. The maximum absolute atomic E-state index is 13.4. The average molecular weight is 374 g/mol. The van der Waals surface area contributed by atoms with E-state index in [-0.39, 0.29) is 29.6 Å². The zero-order valence-electron chi connectivity index (χ0n) is 15.0. The first-order valence-electron chi connectivity index (χ1n) is 9.40. The molecule has 3 heteroatoms. The van der Waals surface area contributed by atoms with Crippen LogP contribution in [0.15, 0.2) is 72.8 Å². The molecule has 0 radical (unpaired) electrons. The second-order valence-electron chi connectivity index (χ2n) is 7.57. The zero-order valence-corrected chi connectivity index (χ0v) is 15.8. The molecule has 0 heterocycles. The van der Waals surface area contributed by atoms with Crippen LogP contribution in [0.2, 0.25) is 5.02 Å². The van der Waals surface area contributed by atoms with Gasteiger partial charge in [0, 0.05) is 11.8 Å². The minimum absolute atomic E-state index is 0.0506. The molecule has 1 N–H and O–H groups in total. The molecule has 0 aromatic heterocycles. The molecule has 0 fully saturated rings. The third-order valence-corrected chi connectivity index (χ3v) is 6.55. The van der Waals surface area contributed by atoms with E-state index < -0.39 is 0 Å². The summed E-state index contributed by atoms with van der Waals surface area (Å²) in [4.78, 5) is 13.4. The van der Waals surface area contributed by atoms with Gasteiger partial charge in [-0.15, -0.1) is 0 Å². The standard InChI is InChI=1S/C24H20ClNO/c1-14-21-15-8-2-4-10-17(15)23(18-11-5-3-9-16(18)21)22(14)24(27)26-20-13-7-6-12-19(20)25/h2-14,21-23H,1H3,(H,26,27)/t14-,21?,22-,23?/m0/s1. The van der Waals surface area contributed by atoms with E-state index in [9.17, 15) is 4.79 Å². The number of nitrogens with one attached hydrogen (secondary N) is 1. The van der Waals surface area contributed by atoms with Gasteiger partial charge >= 0.3 is 0 Å². The van der Waals surface area contributed by atoms with Crippen molar-refractivity contribution in [3.05, 3.63) is 100 Å². The van der Waals surface area contributed by atoms with Crippen molar-refractivity contribution < 1.29 is 4.79 Å². The number of amides is 1. The normalized spacial score (nSPS) is 24.8. The Morgan fingerprint density at radius 2 is 1.26 bits per heavy atom. The van der Waals surface area contributed by atoms with Gasteiger partial charge in [-0.25, -0.2) is 0 Å². The number of fused-ring (bicyclic) bond motifs is 1. The minimum atomic E-state index is -0.115. The Labute approximate surface area is 164 Å². The van der Waals surface area contributed by atoms with E-state index in [4.69, 9.17) is 11.6 Å². The summed E-state index contributed by atoms with van der Waals surface area (Å²) >= 11 is 6.27. The maximum atomic E-state index is 13.4.